The van der Waals surface area contributed by atoms with E-state index >= 15 is 0 Å². The highest BCUT2D eigenvalue weighted by Gasteiger charge is 2.16. The van der Waals surface area contributed by atoms with Gasteiger partial charge in [-0.15, -0.1) is 10.2 Å². The summed E-state index contributed by atoms with van der Waals surface area (Å²) in [5.41, 5.74) is 0. The van der Waals surface area contributed by atoms with Crippen molar-refractivity contribution in [2.75, 3.05) is 18.8 Å². The predicted molar refractivity (Wildman–Crippen MR) is 95.9 cm³/mol. The zero-order valence-corrected chi connectivity index (χ0v) is 14.9. The van der Waals surface area contributed by atoms with Crippen LogP contribution in [0.5, 0.6) is 0 Å². The summed E-state index contributed by atoms with van der Waals surface area (Å²) >= 11 is 2.07. The van der Waals surface area contributed by atoms with Gasteiger partial charge in [0.2, 0.25) is 0 Å². The number of aryl methyl sites for hydroxylation is 1. The summed E-state index contributed by atoms with van der Waals surface area (Å²) in [6, 6.07) is 0. The monoisotopic (exact) mass is 336 g/mol. The van der Waals surface area contributed by atoms with Crippen molar-refractivity contribution in [3.63, 3.8) is 0 Å². The fourth-order valence-corrected chi connectivity index (χ4v) is 4.37. The fourth-order valence-electron chi connectivity index (χ4n) is 3.17. The minimum absolute atomic E-state index is 0.597. The van der Waals surface area contributed by atoms with Gasteiger partial charge in [-0.2, -0.15) is 11.8 Å². The van der Waals surface area contributed by atoms with E-state index in [0.29, 0.717) is 6.54 Å². The van der Waals surface area contributed by atoms with E-state index in [0.717, 1.165) is 48.9 Å². The van der Waals surface area contributed by atoms with Crippen molar-refractivity contribution in [2.24, 2.45) is 4.99 Å². The molecule has 1 unspecified atom stereocenters. The average molecular weight is 337 g/mol. The summed E-state index contributed by atoms with van der Waals surface area (Å²) in [6.07, 6.45) is 7.44. The van der Waals surface area contributed by atoms with E-state index in [9.17, 15) is 0 Å². The van der Waals surface area contributed by atoms with Gasteiger partial charge in [-0.1, -0.05) is 6.42 Å². The normalized spacial score (nSPS) is 21.8. The van der Waals surface area contributed by atoms with Gasteiger partial charge in [0.15, 0.2) is 11.8 Å². The van der Waals surface area contributed by atoms with Gasteiger partial charge < -0.3 is 15.2 Å². The molecule has 2 aliphatic rings. The number of fused-ring (bicyclic) bond motifs is 1. The number of thioether (sulfide) groups is 1. The van der Waals surface area contributed by atoms with Gasteiger partial charge in [-0.05, 0) is 38.4 Å². The fraction of sp³-hybridized carbons (Fsp3) is 0.812. The number of nitrogens with zero attached hydrogens (tertiary/aromatic N) is 4. The van der Waals surface area contributed by atoms with Crippen LogP contribution in [0, 0.1) is 0 Å². The van der Waals surface area contributed by atoms with Gasteiger partial charge >= 0.3 is 0 Å². The van der Waals surface area contributed by atoms with Gasteiger partial charge in [-0.25, -0.2) is 4.99 Å². The number of hydrogen-bond donors (Lipinski definition) is 2. The highest BCUT2D eigenvalue weighted by atomic mass is 32.2. The summed E-state index contributed by atoms with van der Waals surface area (Å²) in [4.78, 5) is 4.72. The van der Waals surface area contributed by atoms with Crippen molar-refractivity contribution in [3.05, 3.63) is 11.6 Å². The Morgan fingerprint density at radius 2 is 2.22 bits per heavy atom. The summed E-state index contributed by atoms with van der Waals surface area (Å²) in [6.45, 7) is 5.61. The molecule has 0 aromatic carbocycles. The van der Waals surface area contributed by atoms with Crippen LogP contribution < -0.4 is 10.6 Å². The Morgan fingerprint density at radius 3 is 3.04 bits per heavy atom. The molecule has 1 aromatic rings. The third-order valence-corrected chi connectivity index (χ3v) is 5.83. The topological polar surface area (TPSA) is 67.1 Å². The first-order chi connectivity index (χ1) is 11.4. The molecular weight excluding hydrogens is 308 g/mol. The second-order valence-corrected chi connectivity index (χ2v) is 7.61. The second kappa shape index (κ2) is 8.57. The number of rotatable bonds is 5. The zero-order valence-electron chi connectivity index (χ0n) is 14.1. The molecule has 6 nitrogen and oxygen atoms in total. The largest absolute Gasteiger partial charge is 0.357 e. The Morgan fingerprint density at radius 1 is 1.26 bits per heavy atom. The zero-order chi connectivity index (χ0) is 15.9. The smallest absolute Gasteiger partial charge is 0.191 e. The Bertz CT molecular complexity index is 521. The number of aromatic nitrogens is 3. The number of guanidine groups is 1. The molecule has 0 saturated carbocycles. The van der Waals surface area contributed by atoms with E-state index in [4.69, 9.17) is 4.99 Å². The molecule has 0 amide bonds. The van der Waals surface area contributed by atoms with Crippen LogP contribution in [-0.4, -0.2) is 44.8 Å². The molecule has 0 bridgehead atoms. The third-order valence-electron chi connectivity index (χ3n) is 4.43. The SMILES string of the molecule is CCNC(=NCc1nnc2n1CCCCC2)NCC1CCCS1. The summed E-state index contributed by atoms with van der Waals surface area (Å²) < 4.78 is 2.27. The standard InChI is InChI=1S/C16H28N6S/c1-2-17-16(18-11-13-7-6-10-23-13)19-12-15-21-20-14-8-4-3-5-9-22(14)15/h13H,2-12H2,1H3,(H2,17,18,19). The molecule has 0 spiro atoms. The number of aliphatic imine (C=N–C) groups is 1. The Labute approximate surface area is 142 Å². The maximum Gasteiger partial charge on any atom is 0.191 e. The van der Waals surface area contributed by atoms with Crippen LogP contribution in [0.4, 0.5) is 0 Å². The van der Waals surface area contributed by atoms with Crippen molar-refractivity contribution in [2.45, 2.75) is 63.8 Å². The van der Waals surface area contributed by atoms with Crippen molar-refractivity contribution in [1.82, 2.24) is 25.4 Å². The maximum absolute atomic E-state index is 4.72. The summed E-state index contributed by atoms with van der Waals surface area (Å²) in [5.74, 6) is 4.32. The van der Waals surface area contributed by atoms with E-state index in [1.165, 1.54) is 37.9 Å². The van der Waals surface area contributed by atoms with Gasteiger partial charge in [-0.3, -0.25) is 0 Å². The predicted octanol–water partition coefficient (Wildman–Crippen LogP) is 1.96. The first-order valence-electron chi connectivity index (χ1n) is 8.91. The molecular formula is C16H28N6S. The van der Waals surface area contributed by atoms with Crippen molar-refractivity contribution >= 4 is 17.7 Å². The lowest BCUT2D eigenvalue weighted by Gasteiger charge is -2.14. The minimum Gasteiger partial charge on any atom is -0.357 e. The molecule has 3 rings (SSSR count). The van der Waals surface area contributed by atoms with E-state index < -0.39 is 0 Å². The average Bonchev–Trinajstić information content (AvgIpc) is 3.15. The summed E-state index contributed by atoms with van der Waals surface area (Å²) in [7, 11) is 0. The highest BCUT2D eigenvalue weighted by molar-refractivity contribution is 8.00. The molecule has 1 saturated heterocycles. The molecule has 128 valence electrons. The van der Waals surface area contributed by atoms with Crippen LogP contribution in [0.15, 0.2) is 4.99 Å². The molecule has 1 aromatic heterocycles. The lowest BCUT2D eigenvalue weighted by atomic mass is 10.2. The van der Waals surface area contributed by atoms with Gasteiger partial charge in [0.05, 0.1) is 0 Å². The van der Waals surface area contributed by atoms with Crippen LogP contribution >= 0.6 is 11.8 Å². The van der Waals surface area contributed by atoms with Crippen LogP contribution in [0.25, 0.3) is 0 Å². The first kappa shape index (κ1) is 16.6. The third kappa shape index (κ3) is 4.62. The van der Waals surface area contributed by atoms with E-state index in [1.54, 1.807) is 0 Å². The molecule has 7 heteroatoms. The molecule has 2 N–H and O–H groups in total. The lowest BCUT2D eigenvalue weighted by Crippen LogP contribution is -2.40. The van der Waals surface area contributed by atoms with Crippen LogP contribution in [-0.2, 0) is 19.5 Å². The Hall–Kier alpha value is -1.24. The lowest BCUT2D eigenvalue weighted by molar-refractivity contribution is 0.605. The van der Waals surface area contributed by atoms with E-state index in [1.807, 2.05) is 0 Å². The van der Waals surface area contributed by atoms with Gasteiger partial charge in [0.1, 0.15) is 12.4 Å². The Balaban J connectivity index is 1.59. The number of hydrogen-bond acceptors (Lipinski definition) is 4. The maximum atomic E-state index is 4.72. The van der Waals surface area contributed by atoms with Crippen molar-refractivity contribution < 1.29 is 0 Å². The van der Waals surface area contributed by atoms with Crippen molar-refractivity contribution in [1.29, 1.82) is 0 Å². The second-order valence-electron chi connectivity index (χ2n) is 6.21. The van der Waals surface area contributed by atoms with Crippen LogP contribution in [0.1, 0.15) is 50.7 Å². The molecule has 3 heterocycles. The molecule has 2 aliphatic heterocycles. The number of nitrogens with one attached hydrogen (secondary N) is 2. The quantitative estimate of drug-likeness (QED) is 0.635. The van der Waals surface area contributed by atoms with Crippen LogP contribution in [0.2, 0.25) is 0 Å². The molecule has 1 atom stereocenters. The first-order valence-corrected chi connectivity index (χ1v) is 9.96. The van der Waals surface area contributed by atoms with Gasteiger partial charge in [0, 0.05) is 31.3 Å². The minimum atomic E-state index is 0.597. The summed E-state index contributed by atoms with van der Waals surface area (Å²) in [5, 5.41) is 16.2. The molecule has 1 fully saturated rings. The Kier molecular flexibility index (Phi) is 6.19. The van der Waals surface area contributed by atoms with Gasteiger partial charge in [0.25, 0.3) is 0 Å². The van der Waals surface area contributed by atoms with E-state index in [2.05, 4.69) is 44.1 Å². The highest BCUT2D eigenvalue weighted by Crippen LogP contribution is 2.25. The van der Waals surface area contributed by atoms with Crippen molar-refractivity contribution in [3.8, 4) is 0 Å². The van der Waals surface area contributed by atoms with E-state index in [-0.39, 0.29) is 0 Å². The molecule has 0 radical (unpaired) electrons. The van der Waals surface area contributed by atoms with Crippen LogP contribution in [0.3, 0.4) is 0 Å². The molecule has 23 heavy (non-hydrogen) atoms. The molecule has 0 aliphatic carbocycles.